The number of ether oxygens (including phenoxy) is 1. The largest absolute Gasteiger partial charge is 0.491 e. The van der Waals surface area contributed by atoms with Gasteiger partial charge in [0, 0.05) is 37.1 Å². The lowest BCUT2D eigenvalue weighted by Crippen LogP contribution is -2.51. The Balaban J connectivity index is 1.98. The molecule has 0 aromatic heterocycles. The van der Waals surface area contributed by atoms with Crippen molar-refractivity contribution in [3.05, 3.63) is 23.2 Å². The summed E-state index contributed by atoms with van der Waals surface area (Å²) in [7, 11) is 2.18. The third kappa shape index (κ3) is 2.09. The maximum Gasteiger partial charge on any atom is 0.142 e. The lowest BCUT2D eigenvalue weighted by atomic mass is 10.1. The van der Waals surface area contributed by atoms with Crippen LogP contribution < -0.4 is 9.64 Å². The lowest BCUT2D eigenvalue weighted by molar-refractivity contribution is 0.242. The van der Waals surface area contributed by atoms with E-state index in [0.717, 1.165) is 49.1 Å². The number of piperazine rings is 1. The molecule has 0 amide bonds. The van der Waals surface area contributed by atoms with Crippen LogP contribution in [0.2, 0.25) is 5.02 Å². The third-order valence-electron chi connectivity index (χ3n) is 3.62. The summed E-state index contributed by atoms with van der Waals surface area (Å²) in [4.78, 5) is 4.84. The molecule has 1 fully saturated rings. The van der Waals surface area contributed by atoms with Crippen molar-refractivity contribution in [2.24, 2.45) is 0 Å². The average Bonchev–Trinajstić information content (AvgIpc) is 2.47. The van der Waals surface area contributed by atoms with Gasteiger partial charge in [-0.1, -0.05) is 11.6 Å². The number of fused-ring (bicyclic) bond motifs is 3. The highest BCUT2D eigenvalue weighted by Gasteiger charge is 2.29. The first-order chi connectivity index (χ1) is 8.24. The summed E-state index contributed by atoms with van der Waals surface area (Å²) < 4.78 is 5.81. The van der Waals surface area contributed by atoms with Crippen molar-refractivity contribution in [2.45, 2.75) is 12.5 Å². The Morgan fingerprint density at radius 2 is 2.24 bits per heavy atom. The van der Waals surface area contributed by atoms with Gasteiger partial charge in [-0.3, -0.25) is 0 Å². The molecule has 3 rings (SSSR count). The first-order valence-electron chi connectivity index (χ1n) is 6.11. The highest BCUT2D eigenvalue weighted by Crippen LogP contribution is 2.36. The van der Waals surface area contributed by atoms with Gasteiger partial charge >= 0.3 is 0 Å². The number of benzene rings is 1. The Hall–Kier alpha value is -0.930. The van der Waals surface area contributed by atoms with Crippen LogP contribution in [0.4, 0.5) is 5.69 Å². The minimum absolute atomic E-state index is 0.550. The fourth-order valence-corrected chi connectivity index (χ4v) is 2.88. The van der Waals surface area contributed by atoms with Crippen LogP contribution in [-0.4, -0.2) is 44.2 Å². The first-order valence-corrected chi connectivity index (χ1v) is 6.49. The molecule has 0 unspecified atom stereocenters. The molecule has 2 aliphatic heterocycles. The van der Waals surface area contributed by atoms with Crippen LogP contribution in [0.5, 0.6) is 5.75 Å². The molecule has 4 heteroatoms. The Bertz CT molecular complexity index is 424. The summed E-state index contributed by atoms with van der Waals surface area (Å²) in [5.41, 5.74) is 1.16. The second-order valence-corrected chi connectivity index (χ2v) is 5.30. The number of halogens is 1. The van der Waals surface area contributed by atoms with Gasteiger partial charge in [0.15, 0.2) is 0 Å². The van der Waals surface area contributed by atoms with Crippen molar-refractivity contribution in [1.82, 2.24) is 4.90 Å². The fourth-order valence-electron chi connectivity index (χ4n) is 2.72. The topological polar surface area (TPSA) is 15.7 Å². The maximum atomic E-state index is 6.10. The molecule has 0 N–H and O–H groups in total. The van der Waals surface area contributed by atoms with E-state index in [-0.39, 0.29) is 0 Å². The molecule has 1 aromatic carbocycles. The maximum absolute atomic E-state index is 6.10. The van der Waals surface area contributed by atoms with Crippen molar-refractivity contribution < 1.29 is 4.74 Å². The van der Waals surface area contributed by atoms with Gasteiger partial charge in [-0.2, -0.15) is 0 Å². The smallest absolute Gasteiger partial charge is 0.142 e. The van der Waals surface area contributed by atoms with Crippen molar-refractivity contribution >= 4 is 17.3 Å². The van der Waals surface area contributed by atoms with E-state index in [1.54, 1.807) is 0 Å². The molecule has 0 bridgehead atoms. The summed E-state index contributed by atoms with van der Waals surface area (Å²) in [6.45, 7) is 4.05. The van der Waals surface area contributed by atoms with Gasteiger partial charge in [-0.15, -0.1) is 0 Å². The molecule has 92 valence electrons. The number of nitrogens with zero attached hydrogens (tertiary/aromatic N) is 2. The zero-order chi connectivity index (χ0) is 11.8. The van der Waals surface area contributed by atoms with Crippen LogP contribution >= 0.6 is 11.6 Å². The van der Waals surface area contributed by atoms with E-state index >= 15 is 0 Å². The monoisotopic (exact) mass is 252 g/mol. The molecule has 3 nitrogen and oxygen atoms in total. The Kier molecular flexibility index (Phi) is 2.89. The van der Waals surface area contributed by atoms with Crippen molar-refractivity contribution in [1.29, 1.82) is 0 Å². The van der Waals surface area contributed by atoms with E-state index in [9.17, 15) is 0 Å². The lowest BCUT2D eigenvalue weighted by Gasteiger charge is -2.40. The summed E-state index contributed by atoms with van der Waals surface area (Å²) in [5.74, 6) is 0.974. The van der Waals surface area contributed by atoms with Crippen LogP contribution in [0.15, 0.2) is 18.2 Å². The van der Waals surface area contributed by atoms with E-state index in [2.05, 4.69) is 16.8 Å². The van der Waals surface area contributed by atoms with Gasteiger partial charge in [0.25, 0.3) is 0 Å². The van der Waals surface area contributed by atoms with E-state index in [1.165, 1.54) is 0 Å². The first kappa shape index (κ1) is 11.2. The fraction of sp³-hybridized carbons (Fsp3) is 0.538. The third-order valence-corrected chi connectivity index (χ3v) is 3.86. The highest BCUT2D eigenvalue weighted by atomic mass is 35.5. The number of rotatable bonds is 0. The molecule has 2 heterocycles. The van der Waals surface area contributed by atoms with Crippen LogP contribution in [0.25, 0.3) is 0 Å². The highest BCUT2D eigenvalue weighted by molar-refractivity contribution is 6.30. The summed E-state index contributed by atoms with van der Waals surface area (Å²) in [6.07, 6.45) is 1.08. The normalized spacial score (nSPS) is 24.6. The molecule has 1 atom stereocenters. The summed E-state index contributed by atoms with van der Waals surface area (Å²) in [5, 5.41) is 0.784. The molecule has 2 aliphatic rings. The van der Waals surface area contributed by atoms with Gasteiger partial charge in [0.2, 0.25) is 0 Å². The van der Waals surface area contributed by atoms with Crippen molar-refractivity contribution in [3.8, 4) is 5.75 Å². The molecule has 0 radical (unpaired) electrons. The van der Waals surface area contributed by atoms with Gasteiger partial charge in [0.05, 0.1) is 12.3 Å². The van der Waals surface area contributed by atoms with Gasteiger partial charge < -0.3 is 14.5 Å². The average molecular weight is 253 g/mol. The van der Waals surface area contributed by atoms with E-state index in [1.807, 2.05) is 18.2 Å². The van der Waals surface area contributed by atoms with E-state index < -0.39 is 0 Å². The second kappa shape index (κ2) is 4.39. The SMILES string of the molecule is CN1CCN2c3cc(Cl)ccc3OCC[C@H]2C1. The van der Waals surface area contributed by atoms with Gasteiger partial charge in [-0.05, 0) is 25.2 Å². The van der Waals surface area contributed by atoms with Gasteiger partial charge in [0.1, 0.15) is 5.75 Å². The second-order valence-electron chi connectivity index (χ2n) is 4.86. The van der Waals surface area contributed by atoms with Gasteiger partial charge in [-0.25, -0.2) is 0 Å². The Morgan fingerprint density at radius 3 is 3.12 bits per heavy atom. The number of hydrogen-bond acceptors (Lipinski definition) is 3. The quantitative estimate of drug-likeness (QED) is 0.704. The zero-order valence-electron chi connectivity index (χ0n) is 10.0. The molecule has 17 heavy (non-hydrogen) atoms. The molecule has 0 spiro atoms. The van der Waals surface area contributed by atoms with Crippen LogP contribution in [0.1, 0.15) is 6.42 Å². The minimum atomic E-state index is 0.550. The predicted molar refractivity (Wildman–Crippen MR) is 70.2 cm³/mol. The van der Waals surface area contributed by atoms with Crippen LogP contribution in [0.3, 0.4) is 0 Å². The molecule has 1 saturated heterocycles. The predicted octanol–water partition coefficient (Wildman–Crippen LogP) is 2.24. The summed E-state index contributed by atoms with van der Waals surface area (Å²) in [6, 6.07) is 6.46. The minimum Gasteiger partial charge on any atom is -0.491 e. The Labute approximate surface area is 107 Å². The van der Waals surface area contributed by atoms with Crippen LogP contribution in [-0.2, 0) is 0 Å². The molecular formula is C13H17ClN2O. The molecular weight excluding hydrogens is 236 g/mol. The number of anilines is 1. The molecule has 1 aromatic rings. The number of likely N-dealkylation sites (N-methyl/N-ethyl adjacent to an activating group) is 1. The zero-order valence-corrected chi connectivity index (χ0v) is 10.8. The summed E-state index contributed by atoms with van der Waals surface area (Å²) >= 11 is 6.10. The number of hydrogen-bond donors (Lipinski definition) is 0. The van der Waals surface area contributed by atoms with Crippen molar-refractivity contribution in [2.75, 3.05) is 38.2 Å². The van der Waals surface area contributed by atoms with Crippen molar-refractivity contribution in [3.63, 3.8) is 0 Å². The Morgan fingerprint density at radius 1 is 1.35 bits per heavy atom. The van der Waals surface area contributed by atoms with E-state index in [4.69, 9.17) is 16.3 Å². The van der Waals surface area contributed by atoms with E-state index in [0.29, 0.717) is 6.04 Å². The molecule has 0 saturated carbocycles. The standard InChI is InChI=1S/C13H17ClN2O/c1-15-5-6-16-11(9-15)4-7-17-13-3-2-10(14)8-12(13)16/h2-3,8,11H,4-7,9H2,1H3/t11-/m0/s1. The molecule has 0 aliphatic carbocycles. The van der Waals surface area contributed by atoms with Crippen LogP contribution in [0, 0.1) is 0 Å².